The van der Waals surface area contributed by atoms with Gasteiger partial charge < -0.3 is 10.1 Å². The summed E-state index contributed by atoms with van der Waals surface area (Å²) in [5.74, 6) is -1.04. The lowest BCUT2D eigenvalue weighted by Crippen LogP contribution is -2.42. The molecule has 162 valence electrons. The van der Waals surface area contributed by atoms with Crippen molar-refractivity contribution >= 4 is 33.2 Å². The molecule has 1 aliphatic rings. The van der Waals surface area contributed by atoms with Crippen molar-refractivity contribution in [3.8, 4) is 5.75 Å². The Bertz CT molecular complexity index is 988. The SMILES string of the molecule is CCOc1ccccc1NC(=O)C1CCN(S(=O)(=O)Cc2c(F)cccc2Cl)CC1. The van der Waals surface area contributed by atoms with Gasteiger partial charge in [-0.05, 0) is 44.0 Å². The van der Waals surface area contributed by atoms with Gasteiger partial charge >= 0.3 is 0 Å². The zero-order chi connectivity index (χ0) is 21.7. The van der Waals surface area contributed by atoms with Crippen LogP contribution in [-0.2, 0) is 20.6 Å². The highest BCUT2D eigenvalue weighted by Crippen LogP contribution is 2.28. The van der Waals surface area contributed by atoms with Gasteiger partial charge in [0.05, 0.1) is 18.0 Å². The van der Waals surface area contributed by atoms with Gasteiger partial charge in [0.2, 0.25) is 15.9 Å². The fourth-order valence-electron chi connectivity index (χ4n) is 3.43. The second kappa shape index (κ2) is 9.76. The fourth-order valence-corrected chi connectivity index (χ4v) is 5.34. The van der Waals surface area contributed by atoms with Gasteiger partial charge in [0.15, 0.2) is 0 Å². The minimum Gasteiger partial charge on any atom is -0.492 e. The van der Waals surface area contributed by atoms with Crippen molar-refractivity contribution in [2.75, 3.05) is 25.0 Å². The second-order valence-corrected chi connectivity index (χ2v) is 9.42. The van der Waals surface area contributed by atoms with Crippen LogP contribution in [0.15, 0.2) is 42.5 Å². The summed E-state index contributed by atoms with van der Waals surface area (Å²) in [4.78, 5) is 12.7. The first-order valence-electron chi connectivity index (χ1n) is 9.75. The molecule has 0 spiro atoms. The summed E-state index contributed by atoms with van der Waals surface area (Å²) in [7, 11) is -3.75. The van der Waals surface area contributed by atoms with Crippen LogP contribution in [0.25, 0.3) is 0 Å². The number of halogens is 2. The van der Waals surface area contributed by atoms with E-state index in [0.717, 1.165) is 0 Å². The number of benzene rings is 2. The molecule has 0 radical (unpaired) electrons. The van der Waals surface area contributed by atoms with Crippen LogP contribution < -0.4 is 10.1 Å². The van der Waals surface area contributed by atoms with E-state index in [0.29, 0.717) is 30.9 Å². The van der Waals surface area contributed by atoms with Crippen molar-refractivity contribution < 1.29 is 22.3 Å². The predicted molar refractivity (Wildman–Crippen MR) is 115 cm³/mol. The van der Waals surface area contributed by atoms with Crippen molar-refractivity contribution in [1.29, 1.82) is 0 Å². The zero-order valence-corrected chi connectivity index (χ0v) is 18.2. The molecule has 0 saturated carbocycles. The molecule has 1 heterocycles. The number of hydrogen-bond acceptors (Lipinski definition) is 4. The van der Waals surface area contributed by atoms with E-state index in [1.165, 1.54) is 22.5 Å². The number of nitrogens with one attached hydrogen (secondary N) is 1. The Hall–Kier alpha value is -2.16. The lowest BCUT2D eigenvalue weighted by molar-refractivity contribution is -0.120. The molecule has 6 nitrogen and oxygen atoms in total. The Morgan fingerprint density at radius 3 is 2.57 bits per heavy atom. The van der Waals surface area contributed by atoms with Gasteiger partial charge in [-0.2, -0.15) is 0 Å². The Morgan fingerprint density at radius 1 is 1.20 bits per heavy atom. The number of nitrogens with zero attached hydrogens (tertiary/aromatic N) is 1. The van der Waals surface area contributed by atoms with E-state index in [2.05, 4.69) is 5.32 Å². The molecule has 9 heteroatoms. The van der Waals surface area contributed by atoms with E-state index in [-0.39, 0.29) is 35.5 Å². The smallest absolute Gasteiger partial charge is 0.227 e. The molecule has 2 aromatic rings. The van der Waals surface area contributed by atoms with Crippen LogP contribution in [0.2, 0.25) is 5.02 Å². The Labute approximate surface area is 181 Å². The first-order valence-corrected chi connectivity index (χ1v) is 11.7. The molecule has 0 aromatic heterocycles. The Balaban J connectivity index is 1.61. The van der Waals surface area contributed by atoms with Crippen molar-refractivity contribution in [2.24, 2.45) is 5.92 Å². The summed E-state index contributed by atoms with van der Waals surface area (Å²) in [6.45, 7) is 2.73. The molecule has 1 N–H and O–H groups in total. The third-order valence-electron chi connectivity index (χ3n) is 5.05. The molecular weight excluding hydrogens is 431 g/mol. The van der Waals surface area contributed by atoms with Gasteiger partial charge in [-0.1, -0.05) is 29.8 Å². The molecule has 2 aromatic carbocycles. The topological polar surface area (TPSA) is 75.7 Å². The number of amides is 1. The zero-order valence-electron chi connectivity index (χ0n) is 16.6. The van der Waals surface area contributed by atoms with Gasteiger partial charge in [0.25, 0.3) is 0 Å². The van der Waals surface area contributed by atoms with Crippen LogP contribution in [0.3, 0.4) is 0 Å². The fraction of sp³-hybridized carbons (Fsp3) is 0.381. The van der Waals surface area contributed by atoms with E-state index < -0.39 is 21.6 Å². The molecule has 0 bridgehead atoms. The number of ether oxygens (including phenoxy) is 1. The summed E-state index contributed by atoms with van der Waals surface area (Å²) in [6.07, 6.45) is 0.764. The number of sulfonamides is 1. The summed E-state index contributed by atoms with van der Waals surface area (Å²) >= 11 is 5.97. The first-order chi connectivity index (χ1) is 14.3. The third-order valence-corrected chi connectivity index (χ3v) is 7.21. The Morgan fingerprint density at radius 2 is 1.90 bits per heavy atom. The van der Waals surface area contributed by atoms with Gasteiger partial charge in [-0.15, -0.1) is 0 Å². The van der Waals surface area contributed by atoms with Crippen molar-refractivity contribution in [1.82, 2.24) is 4.31 Å². The molecule has 1 saturated heterocycles. The number of para-hydroxylation sites is 2. The van der Waals surface area contributed by atoms with Crippen LogP contribution in [0, 0.1) is 11.7 Å². The number of carbonyl (C=O) groups excluding carboxylic acids is 1. The van der Waals surface area contributed by atoms with Crippen LogP contribution in [0.1, 0.15) is 25.3 Å². The molecule has 0 unspecified atom stereocenters. The summed E-state index contributed by atoms with van der Waals surface area (Å²) in [5, 5.41) is 2.96. The normalized spacial score (nSPS) is 15.7. The second-order valence-electron chi connectivity index (χ2n) is 7.05. The number of piperidine rings is 1. The van der Waals surface area contributed by atoms with Crippen molar-refractivity contribution in [3.05, 3.63) is 58.9 Å². The largest absolute Gasteiger partial charge is 0.492 e. The highest BCUT2D eigenvalue weighted by molar-refractivity contribution is 7.88. The highest BCUT2D eigenvalue weighted by atomic mass is 35.5. The number of rotatable bonds is 7. The summed E-state index contributed by atoms with van der Waals surface area (Å²) in [5.41, 5.74) is 0.556. The van der Waals surface area contributed by atoms with Crippen molar-refractivity contribution in [3.63, 3.8) is 0 Å². The molecule has 0 atom stereocenters. The van der Waals surface area contributed by atoms with Crippen LogP contribution in [-0.4, -0.2) is 38.3 Å². The lowest BCUT2D eigenvalue weighted by Gasteiger charge is -2.30. The third kappa shape index (κ3) is 5.30. The predicted octanol–water partition coefficient (Wildman–Crippen LogP) is 4.06. The quantitative estimate of drug-likeness (QED) is 0.684. The average molecular weight is 455 g/mol. The molecule has 1 fully saturated rings. The minimum atomic E-state index is -3.75. The first kappa shape index (κ1) is 22.5. The van der Waals surface area contributed by atoms with Crippen LogP contribution in [0.4, 0.5) is 10.1 Å². The standard InChI is InChI=1S/C21H24ClFN2O4S/c1-2-29-20-9-4-3-8-19(20)24-21(26)15-10-12-25(13-11-15)30(27,28)14-16-17(22)6-5-7-18(16)23/h3-9,15H,2,10-14H2,1H3,(H,24,26). The van der Waals surface area contributed by atoms with E-state index in [4.69, 9.17) is 16.3 Å². The van der Waals surface area contributed by atoms with Gasteiger partial charge in [0, 0.05) is 29.6 Å². The summed E-state index contributed by atoms with van der Waals surface area (Å²) in [6, 6.07) is 11.3. The van der Waals surface area contributed by atoms with E-state index in [1.807, 2.05) is 13.0 Å². The van der Waals surface area contributed by atoms with Crippen LogP contribution >= 0.6 is 11.6 Å². The van der Waals surface area contributed by atoms with Crippen LogP contribution in [0.5, 0.6) is 5.75 Å². The lowest BCUT2D eigenvalue weighted by atomic mass is 9.97. The highest BCUT2D eigenvalue weighted by Gasteiger charge is 2.32. The van der Waals surface area contributed by atoms with Gasteiger partial charge in [-0.25, -0.2) is 17.1 Å². The number of carbonyl (C=O) groups is 1. The van der Waals surface area contributed by atoms with E-state index >= 15 is 0 Å². The molecule has 0 aliphatic carbocycles. The Kier molecular flexibility index (Phi) is 7.33. The molecule has 1 aliphatic heterocycles. The van der Waals surface area contributed by atoms with Crippen molar-refractivity contribution in [2.45, 2.75) is 25.5 Å². The molecule has 3 rings (SSSR count). The maximum Gasteiger partial charge on any atom is 0.227 e. The molecular formula is C21H24ClFN2O4S. The van der Waals surface area contributed by atoms with Gasteiger partial charge in [0.1, 0.15) is 11.6 Å². The molecule has 1 amide bonds. The number of anilines is 1. The maximum absolute atomic E-state index is 14.0. The monoisotopic (exact) mass is 454 g/mol. The average Bonchev–Trinajstić information content (AvgIpc) is 2.72. The van der Waals surface area contributed by atoms with Gasteiger partial charge in [-0.3, -0.25) is 4.79 Å². The number of hydrogen-bond donors (Lipinski definition) is 1. The minimum absolute atomic E-state index is 0.0356. The summed E-state index contributed by atoms with van der Waals surface area (Å²) < 4.78 is 46.3. The maximum atomic E-state index is 14.0. The molecule has 30 heavy (non-hydrogen) atoms. The van der Waals surface area contributed by atoms with E-state index in [9.17, 15) is 17.6 Å². The van der Waals surface area contributed by atoms with E-state index in [1.54, 1.807) is 18.2 Å².